The Morgan fingerprint density at radius 3 is 3.07 bits per heavy atom. The van der Waals surface area contributed by atoms with Crippen LogP contribution in [0.3, 0.4) is 0 Å². The monoisotopic (exact) mass is 205 g/mol. The Morgan fingerprint density at radius 1 is 1.53 bits per heavy atom. The number of anilines is 2. The Bertz CT molecular complexity index is 453. The first kappa shape index (κ1) is 9.45. The second-order valence-corrected chi connectivity index (χ2v) is 3.05. The molecule has 15 heavy (non-hydrogen) atoms. The molecule has 0 unspecified atom stereocenters. The van der Waals surface area contributed by atoms with E-state index in [1.54, 1.807) is 19.2 Å². The number of hydrogen-bond acceptors (Lipinski definition) is 6. The Labute approximate surface area is 86.5 Å². The molecule has 2 rings (SSSR count). The summed E-state index contributed by atoms with van der Waals surface area (Å²) in [6.07, 6.45) is 1.64. The van der Waals surface area contributed by atoms with E-state index < -0.39 is 0 Å². The molecule has 0 aliphatic carbocycles. The highest BCUT2D eigenvalue weighted by molar-refractivity contribution is 5.49. The molecule has 2 aromatic rings. The molecule has 2 aromatic heterocycles. The van der Waals surface area contributed by atoms with Crippen LogP contribution in [0, 0.1) is 6.92 Å². The Hall–Kier alpha value is -2.11. The van der Waals surface area contributed by atoms with Crippen molar-refractivity contribution in [2.45, 2.75) is 13.5 Å². The third-order valence-corrected chi connectivity index (χ3v) is 1.80. The predicted molar refractivity (Wildman–Crippen MR) is 55.0 cm³/mol. The maximum absolute atomic E-state index is 5.53. The number of aromatic nitrogens is 3. The van der Waals surface area contributed by atoms with Crippen molar-refractivity contribution in [2.24, 2.45) is 0 Å². The zero-order valence-corrected chi connectivity index (χ0v) is 8.27. The predicted octanol–water partition coefficient (Wildman–Crippen LogP) is 0.967. The summed E-state index contributed by atoms with van der Waals surface area (Å²) in [7, 11) is 0. The van der Waals surface area contributed by atoms with Crippen molar-refractivity contribution >= 4 is 11.5 Å². The molecular weight excluding hydrogens is 194 g/mol. The molecule has 0 aliphatic rings. The molecule has 0 radical (unpaired) electrons. The fraction of sp³-hybridized carbons (Fsp3) is 0.222. The maximum Gasteiger partial charge on any atom is 0.223 e. The molecule has 0 atom stereocenters. The van der Waals surface area contributed by atoms with Gasteiger partial charge in [-0.3, -0.25) is 0 Å². The minimum absolute atomic E-state index is 0.476. The molecule has 0 fully saturated rings. The van der Waals surface area contributed by atoms with Crippen LogP contribution in [0.15, 0.2) is 22.9 Å². The molecule has 6 heteroatoms. The summed E-state index contributed by atoms with van der Waals surface area (Å²) in [6.45, 7) is 2.25. The number of nitrogens with one attached hydrogen (secondary N) is 1. The molecule has 0 spiro atoms. The van der Waals surface area contributed by atoms with Gasteiger partial charge < -0.3 is 15.6 Å². The first-order chi connectivity index (χ1) is 7.24. The van der Waals surface area contributed by atoms with Gasteiger partial charge >= 0.3 is 0 Å². The van der Waals surface area contributed by atoms with Crippen LogP contribution in [0.5, 0.6) is 0 Å². The molecular formula is C9H11N5O. The molecule has 0 aromatic carbocycles. The summed E-state index contributed by atoms with van der Waals surface area (Å²) in [5.41, 5.74) is 6.41. The molecule has 2 heterocycles. The number of nitrogen functional groups attached to an aromatic ring is 1. The normalized spacial score (nSPS) is 10.2. The van der Waals surface area contributed by atoms with Crippen LogP contribution in [0.4, 0.5) is 11.5 Å². The van der Waals surface area contributed by atoms with Crippen molar-refractivity contribution in [1.29, 1.82) is 0 Å². The van der Waals surface area contributed by atoms with Gasteiger partial charge in [-0.15, -0.1) is 0 Å². The van der Waals surface area contributed by atoms with Crippen molar-refractivity contribution in [2.75, 3.05) is 11.1 Å². The minimum atomic E-state index is 0.476. The highest BCUT2D eigenvalue weighted by Gasteiger charge is 2.01. The molecule has 78 valence electrons. The first-order valence-electron chi connectivity index (χ1n) is 4.48. The van der Waals surface area contributed by atoms with Crippen LogP contribution < -0.4 is 11.1 Å². The van der Waals surface area contributed by atoms with E-state index in [1.807, 2.05) is 6.07 Å². The number of hydrogen-bond donors (Lipinski definition) is 2. The fourth-order valence-electron chi connectivity index (χ4n) is 1.15. The van der Waals surface area contributed by atoms with E-state index in [9.17, 15) is 0 Å². The van der Waals surface area contributed by atoms with E-state index >= 15 is 0 Å². The van der Waals surface area contributed by atoms with Crippen LogP contribution in [0.25, 0.3) is 0 Å². The minimum Gasteiger partial charge on any atom is -0.384 e. The summed E-state index contributed by atoms with van der Waals surface area (Å²) >= 11 is 0. The van der Waals surface area contributed by atoms with Crippen molar-refractivity contribution < 1.29 is 4.52 Å². The Balaban J connectivity index is 1.99. The van der Waals surface area contributed by atoms with Crippen LogP contribution in [-0.4, -0.2) is 15.1 Å². The summed E-state index contributed by atoms with van der Waals surface area (Å²) in [6, 6.07) is 3.57. The summed E-state index contributed by atoms with van der Waals surface area (Å²) in [5, 5.41) is 6.87. The van der Waals surface area contributed by atoms with Crippen molar-refractivity contribution in [1.82, 2.24) is 15.1 Å². The molecule has 3 N–H and O–H groups in total. The van der Waals surface area contributed by atoms with Crippen LogP contribution in [-0.2, 0) is 6.54 Å². The average molecular weight is 205 g/mol. The quantitative estimate of drug-likeness (QED) is 0.775. The lowest BCUT2D eigenvalue weighted by molar-refractivity contribution is 0.388. The molecule has 0 bridgehead atoms. The molecule has 0 saturated carbocycles. The van der Waals surface area contributed by atoms with Crippen molar-refractivity contribution in [3.63, 3.8) is 0 Å². The average Bonchev–Trinajstić information content (AvgIpc) is 2.62. The lowest BCUT2D eigenvalue weighted by Gasteiger charge is -2.02. The van der Waals surface area contributed by atoms with Gasteiger partial charge in [-0.05, 0) is 6.07 Å². The van der Waals surface area contributed by atoms with Gasteiger partial charge in [-0.1, -0.05) is 5.16 Å². The van der Waals surface area contributed by atoms with E-state index in [0.29, 0.717) is 24.1 Å². The number of rotatable bonds is 3. The third kappa shape index (κ3) is 2.43. The molecule has 0 saturated heterocycles. The fourth-order valence-corrected chi connectivity index (χ4v) is 1.15. The summed E-state index contributed by atoms with van der Waals surface area (Å²) < 4.78 is 4.84. The largest absolute Gasteiger partial charge is 0.384 e. The first-order valence-corrected chi connectivity index (χ1v) is 4.48. The van der Waals surface area contributed by atoms with E-state index in [-0.39, 0.29) is 0 Å². The van der Waals surface area contributed by atoms with E-state index in [0.717, 1.165) is 5.69 Å². The topological polar surface area (TPSA) is 89.9 Å². The van der Waals surface area contributed by atoms with E-state index in [2.05, 4.69) is 20.4 Å². The van der Waals surface area contributed by atoms with Gasteiger partial charge in [0.25, 0.3) is 0 Å². The molecule has 6 nitrogen and oxygen atoms in total. The number of nitrogens with two attached hydrogens (primary N) is 1. The lowest BCUT2D eigenvalue weighted by atomic mass is 10.4. The zero-order valence-electron chi connectivity index (χ0n) is 8.27. The highest BCUT2D eigenvalue weighted by Crippen LogP contribution is 2.09. The standard InChI is InChI=1S/C9H11N5O/c1-6-13-9(14-15-6)5-12-7-2-3-11-8(10)4-7/h2-4H,5H2,1H3,(H3,10,11,12). The van der Waals surface area contributed by atoms with Crippen molar-refractivity contribution in [3.8, 4) is 0 Å². The smallest absolute Gasteiger partial charge is 0.223 e. The summed E-state index contributed by atoms with van der Waals surface area (Å²) in [4.78, 5) is 7.95. The number of nitrogens with zero attached hydrogens (tertiary/aromatic N) is 3. The van der Waals surface area contributed by atoms with Gasteiger partial charge in [0.2, 0.25) is 5.89 Å². The van der Waals surface area contributed by atoms with Crippen LogP contribution >= 0.6 is 0 Å². The maximum atomic E-state index is 5.53. The van der Waals surface area contributed by atoms with Gasteiger partial charge in [0, 0.05) is 24.9 Å². The Kier molecular flexibility index (Phi) is 2.49. The Morgan fingerprint density at radius 2 is 2.40 bits per heavy atom. The third-order valence-electron chi connectivity index (χ3n) is 1.80. The SMILES string of the molecule is Cc1nc(CNc2ccnc(N)c2)no1. The molecule has 0 aliphatic heterocycles. The zero-order chi connectivity index (χ0) is 10.7. The van der Waals surface area contributed by atoms with Crippen molar-refractivity contribution in [3.05, 3.63) is 30.0 Å². The lowest BCUT2D eigenvalue weighted by Crippen LogP contribution is -2.02. The van der Waals surface area contributed by atoms with Gasteiger partial charge in [0.1, 0.15) is 5.82 Å². The number of aryl methyl sites for hydroxylation is 1. The van der Waals surface area contributed by atoms with Gasteiger partial charge in [0.15, 0.2) is 5.82 Å². The highest BCUT2D eigenvalue weighted by atomic mass is 16.5. The second-order valence-electron chi connectivity index (χ2n) is 3.05. The number of pyridine rings is 1. The van der Waals surface area contributed by atoms with Crippen LogP contribution in [0.2, 0.25) is 0 Å². The van der Waals surface area contributed by atoms with Gasteiger partial charge in [0.05, 0.1) is 6.54 Å². The van der Waals surface area contributed by atoms with Gasteiger partial charge in [-0.25, -0.2) is 4.98 Å². The van der Waals surface area contributed by atoms with Crippen LogP contribution in [0.1, 0.15) is 11.7 Å². The van der Waals surface area contributed by atoms with E-state index in [4.69, 9.17) is 10.3 Å². The van der Waals surface area contributed by atoms with Gasteiger partial charge in [-0.2, -0.15) is 4.98 Å². The second kappa shape index (κ2) is 3.95. The molecule has 0 amide bonds. The van der Waals surface area contributed by atoms with E-state index in [1.165, 1.54) is 0 Å². The summed E-state index contributed by atoms with van der Waals surface area (Å²) in [5.74, 6) is 1.65.